The summed E-state index contributed by atoms with van der Waals surface area (Å²) in [5.41, 5.74) is 2.28. The summed E-state index contributed by atoms with van der Waals surface area (Å²) in [4.78, 5) is 11.8. The van der Waals surface area contributed by atoms with E-state index in [9.17, 15) is 0 Å². The van der Waals surface area contributed by atoms with Gasteiger partial charge in [-0.1, -0.05) is 31.0 Å². The van der Waals surface area contributed by atoms with Crippen LogP contribution in [0, 0.1) is 5.92 Å². The first kappa shape index (κ1) is 27.5. The lowest BCUT2D eigenvalue weighted by Gasteiger charge is -2.31. The van der Waals surface area contributed by atoms with Crippen LogP contribution in [-0.2, 0) is 4.74 Å². The van der Waals surface area contributed by atoms with E-state index in [0.29, 0.717) is 34.7 Å². The maximum Gasteiger partial charge on any atom is 0.229 e. The van der Waals surface area contributed by atoms with Crippen molar-refractivity contribution in [3.63, 3.8) is 0 Å². The highest BCUT2D eigenvalue weighted by Crippen LogP contribution is 2.37. The minimum absolute atomic E-state index is 0.279. The van der Waals surface area contributed by atoms with E-state index in [-0.39, 0.29) is 6.10 Å². The van der Waals surface area contributed by atoms with Gasteiger partial charge in [0.05, 0.1) is 18.0 Å². The molecular weight excluding hydrogens is 498 g/mol. The average molecular weight is 542 g/mol. The molecule has 3 heterocycles. The number of anilines is 3. The van der Waals surface area contributed by atoms with E-state index in [4.69, 9.17) is 26.1 Å². The fourth-order valence-electron chi connectivity index (χ4n) is 6.20. The summed E-state index contributed by atoms with van der Waals surface area (Å²) < 4.78 is 12.2. The fraction of sp³-hybridized carbons (Fsp3) is 0.667. The standard InChI is InChI=1S/C30H44ClN5O2/c1-3-6-26(22-13-17-37-18-14-22)33-29-25(31)20-32-30(35-29)34-27-10-9-23(21-11-15-36(2)16-12-21)19-28(27)38-24-7-4-5-8-24/h9-10,19-22,24,26H,3-8,11-18H2,1-2H3,(H2,32,33,34,35)/t26-/m1/s1. The van der Waals surface area contributed by atoms with Gasteiger partial charge in [-0.2, -0.15) is 4.98 Å². The lowest BCUT2D eigenvalue weighted by Crippen LogP contribution is -2.33. The highest BCUT2D eigenvalue weighted by molar-refractivity contribution is 6.32. The molecule has 1 aromatic heterocycles. The summed E-state index contributed by atoms with van der Waals surface area (Å²) in [5, 5.41) is 7.67. The Morgan fingerprint density at radius 3 is 2.61 bits per heavy atom. The molecule has 3 aliphatic rings. The SMILES string of the molecule is CCC[C@@H](Nc1nc(Nc2ccc(C3CCN(C)CC3)cc2OC2CCCC2)ncc1Cl)C1CCOCC1. The van der Waals surface area contributed by atoms with Crippen LogP contribution in [0.1, 0.15) is 82.6 Å². The molecule has 0 spiro atoms. The van der Waals surface area contributed by atoms with E-state index in [1.807, 2.05) is 0 Å². The predicted octanol–water partition coefficient (Wildman–Crippen LogP) is 7.01. The Balaban J connectivity index is 1.35. The molecule has 2 N–H and O–H groups in total. The van der Waals surface area contributed by atoms with Crippen molar-refractivity contribution < 1.29 is 9.47 Å². The third kappa shape index (κ3) is 7.10. The van der Waals surface area contributed by atoms with Crippen LogP contribution in [0.25, 0.3) is 0 Å². The van der Waals surface area contributed by atoms with Gasteiger partial charge in [-0.3, -0.25) is 0 Å². The molecule has 0 amide bonds. The van der Waals surface area contributed by atoms with E-state index >= 15 is 0 Å². The molecule has 38 heavy (non-hydrogen) atoms. The zero-order chi connectivity index (χ0) is 26.3. The maximum atomic E-state index is 6.58. The second-order valence-corrected chi connectivity index (χ2v) is 11.8. The number of nitrogens with zero attached hydrogens (tertiary/aromatic N) is 3. The summed E-state index contributed by atoms with van der Waals surface area (Å²) in [6.07, 6.45) is 13.4. The number of nitrogens with one attached hydrogen (secondary N) is 2. The summed E-state index contributed by atoms with van der Waals surface area (Å²) >= 11 is 6.58. The molecule has 1 saturated carbocycles. The molecule has 8 heteroatoms. The van der Waals surface area contributed by atoms with Crippen molar-refractivity contribution in [3.8, 4) is 5.75 Å². The van der Waals surface area contributed by atoms with Gasteiger partial charge < -0.3 is 25.0 Å². The van der Waals surface area contributed by atoms with Crippen molar-refractivity contribution in [1.29, 1.82) is 0 Å². The van der Waals surface area contributed by atoms with Crippen molar-refractivity contribution in [2.45, 2.75) is 89.2 Å². The Morgan fingerprint density at radius 1 is 1.11 bits per heavy atom. The minimum Gasteiger partial charge on any atom is -0.488 e. The van der Waals surface area contributed by atoms with Gasteiger partial charge >= 0.3 is 0 Å². The number of benzene rings is 1. The van der Waals surface area contributed by atoms with Crippen LogP contribution < -0.4 is 15.4 Å². The monoisotopic (exact) mass is 541 g/mol. The van der Waals surface area contributed by atoms with Gasteiger partial charge in [0.1, 0.15) is 10.8 Å². The quantitative estimate of drug-likeness (QED) is 0.335. The number of piperidine rings is 1. The van der Waals surface area contributed by atoms with Crippen LogP contribution in [0.15, 0.2) is 24.4 Å². The van der Waals surface area contributed by atoms with E-state index in [2.05, 4.69) is 52.7 Å². The lowest BCUT2D eigenvalue weighted by molar-refractivity contribution is 0.0596. The van der Waals surface area contributed by atoms with Crippen LogP contribution in [0.3, 0.4) is 0 Å². The highest BCUT2D eigenvalue weighted by atomic mass is 35.5. The maximum absolute atomic E-state index is 6.58. The predicted molar refractivity (Wildman–Crippen MR) is 155 cm³/mol. The van der Waals surface area contributed by atoms with E-state index in [1.54, 1.807) is 6.20 Å². The Labute approximate surface area is 233 Å². The number of hydrogen-bond acceptors (Lipinski definition) is 7. The molecule has 3 fully saturated rings. The fourth-order valence-corrected chi connectivity index (χ4v) is 6.35. The van der Waals surface area contributed by atoms with E-state index in [1.165, 1.54) is 31.2 Å². The van der Waals surface area contributed by atoms with Crippen LogP contribution >= 0.6 is 11.6 Å². The van der Waals surface area contributed by atoms with Crippen molar-refractivity contribution in [3.05, 3.63) is 35.0 Å². The number of likely N-dealkylation sites (tertiary alicyclic amines) is 1. The Hall–Kier alpha value is -2.09. The first-order valence-electron chi connectivity index (χ1n) is 14.7. The largest absolute Gasteiger partial charge is 0.488 e. The normalized spacial score (nSPS) is 20.9. The Morgan fingerprint density at radius 2 is 1.87 bits per heavy atom. The van der Waals surface area contributed by atoms with Gasteiger partial charge in [-0.15, -0.1) is 0 Å². The van der Waals surface area contributed by atoms with Gasteiger partial charge in [-0.25, -0.2) is 4.98 Å². The van der Waals surface area contributed by atoms with Gasteiger partial charge in [0.2, 0.25) is 5.95 Å². The first-order valence-corrected chi connectivity index (χ1v) is 15.1. The number of ether oxygens (including phenoxy) is 2. The third-order valence-electron chi connectivity index (χ3n) is 8.54. The van der Waals surface area contributed by atoms with Crippen molar-refractivity contribution >= 4 is 29.1 Å². The van der Waals surface area contributed by atoms with Gasteiger partial charge in [-0.05, 0) is 107 Å². The summed E-state index contributed by atoms with van der Waals surface area (Å²) in [7, 11) is 2.21. The van der Waals surface area contributed by atoms with E-state index < -0.39 is 0 Å². The smallest absolute Gasteiger partial charge is 0.229 e. The summed E-state index contributed by atoms with van der Waals surface area (Å²) in [5.74, 6) is 3.27. The van der Waals surface area contributed by atoms with Crippen molar-refractivity contribution in [1.82, 2.24) is 14.9 Å². The minimum atomic E-state index is 0.279. The van der Waals surface area contributed by atoms with Crippen molar-refractivity contribution in [2.75, 3.05) is 44.0 Å². The van der Waals surface area contributed by atoms with Crippen molar-refractivity contribution in [2.24, 2.45) is 5.92 Å². The second kappa shape index (κ2) is 13.3. The average Bonchev–Trinajstić information content (AvgIpc) is 3.45. The summed E-state index contributed by atoms with van der Waals surface area (Å²) in [6, 6.07) is 6.97. The zero-order valence-electron chi connectivity index (χ0n) is 23.1. The van der Waals surface area contributed by atoms with Crippen LogP contribution in [0.5, 0.6) is 5.75 Å². The molecule has 5 rings (SSSR count). The van der Waals surface area contributed by atoms with Gasteiger partial charge in [0.15, 0.2) is 5.82 Å². The Bertz CT molecular complexity index is 1030. The molecule has 1 aliphatic carbocycles. The van der Waals surface area contributed by atoms with Gasteiger partial charge in [0, 0.05) is 19.3 Å². The van der Waals surface area contributed by atoms with Crippen LogP contribution in [0.4, 0.5) is 17.5 Å². The molecule has 2 aromatic rings. The number of aromatic nitrogens is 2. The van der Waals surface area contributed by atoms with Crippen LogP contribution in [-0.4, -0.2) is 60.4 Å². The topological polar surface area (TPSA) is 71.5 Å². The molecule has 0 radical (unpaired) electrons. The zero-order valence-corrected chi connectivity index (χ0v) is 23.8. The van der Waals surface area contributed by atoms with Gasteiger partial charge in [0.25, 0.3) is 0 Å². The highest BCUT2D eigenvalue weighted by Gasteiger charge is 2.25. The molecule has 0 bridgehead atoms. The molecule has 208 valence electrons. The van der Waals surface area contributed by atoms with E-state index in [0.717, 1.165) is 76.3 Å². The molecular formula is C30H44ClN5O2. The molecule has 1 aromatic carbocycles. The first-order chi connectivity index (χ1) is 18.6. The number of rotatable bonds is 10. The number of hydrogen-bond donors (Lipinski definition) is 2. The summed E-state index contributed by atoms with van der Waals surface area (Å²) in [6.45, 7) is 6.17. The Kier molecular flexibility index (Phi) is 9.63. The molecule has 1 atom stereocenters. The third-order valence-corrected chi connectivity index (χ3v) is 8.82. The molecule has 2 saturated heterocycles. The number of halogens is 1. The molecule has 7 nitrogen and oxygen atoms in total. The van der Waals surface area contributed by atoms with Crippen LogP contribution in [0.2, 0.25) is 5.02 Å². The lowest BCUT2D eigenvalue weighted by atomic mass is 9.89. The molecule has 2 aliphatic heterocycles. The molecule has 0 unspecified atom stereocenters. The second-order valence-electron chi connectivity index (χ2n) is 11.4.